The quantitative estimate of drug-likeness (QED) is 0.496. The summed E-state index contributed by atoms with van der Waals surface area (Å²) < 4.78 is 33.6. The number of carbonyl (C=O) groups is 2. The van der Waals surface area contributed by atoms with Gasteiger partial charge in [0.25, 0.3) is 5.56 Å². The molecule has 10 heteroatoms. The summed E-state index contributed by atoms with van der Waals surface area (Å²) in [5.41, 5.74) is -0.749. The van der Waals surface area contributed by atoms with E-state index in [1.165, 1.54) is 4.90 Å². The van der Waals surface area contributed by atoms with Gasteiger partial charge in [0.15, 0.2) is 0 Å². The number of nitriles is 1. The zero-order valence-corrected chi connectivity index (χ0v) is 21.3. The molecule has 2 fully saturated rings. The first-order valence-corrected chi connectivity index (χ1v) is 12.6. The minimum atomic E-state index is -0.922. The van der Waals surface area contributed by atoms with Crippen molar-refractivity contribution in [3.8, 4) is 6.07 Å². The predicted molar refractivity (Wildman–Crippen MR) is 136 cm³/mol. The average molecular weight is 523 g/mol. The maximum absolute atomic E-state index is 14.2. The predicted octanol–water partition coefficient (Wildman–Crippen LogP) is 4.30. The highest BCUT2D eigenvalue weighted by Crippen LogP contribution is 2.43. The fourth-order valence-corrected chi connectivity index (χ4v) is 5.76. The minimum absolute atomic E-state index is 0.000149. The van der Waals surface area contributed by atoms with Gasteiger partial charge in [-0.25, -0.2) is 13.6 Å². The number of benzene rings is 2. The van der Waals surface area contributed by atoms with Crippen LogP contribution in [0.1, 0.15) is 45.6 Å². The first-order valence-electron chi connectivity index (χ1n) is 12.6. The number of hydrogen-bond acceptors (Lipinski definition) is 5. The Bertz CT molecular complexity index is 1550. The number of carbonyl (C=O) groups excluding carboxylic acids is 2. The van der Waals surface area contributed by atoms with Crippen molar-refractivity contribution in [1.82, 2.24) is 15.2 Å². The van der Waals surface area contributed by atoms with E-state index < -0.39 is 46.9 Å². The van der Waals surface area contributed by atoms with Crippen LogP contribution in [0, 0.1) is 28.9 Å². The van der Waals surface area contributed by atoms with Crippen LogP contribution in [-0.2, 0) is 16.0 Å². The van der Waals surface area contributed by atoms with Crippen molar-refractivity contribution in [3.63, 3.8) is 0 Å². The first kappa shape index (κ1) is 25.6. The van der Waals surface area contributed by atoms with E-state index in [4.69, 9.17) is 4.74 Å². The second kappa shape index (κ2) is 9.39. The lowest BCUT2D eigenvalue weighted by atomic mass is 9.97. The van der Waals surface area contributed by atoms with Crippen molar-refractivity contribution in [2.45, 2.75) is 70.2 Å². The summed E-state index contributed by atoms with van der Waals surface area (Å²) >= 11 is 0. The van der Waals surface area contributed by atoms with Crippen LogP contribution in [0.5, 0.6) is 0 Å². The summed E-state index contributed by atoms with van der Waals surface area (Å²) in [4.78, 5) is 42.8. The van der Waals surface area contributed by atoms with Crippen LogP contribution in [0.2, 0.25) is 0 Å². The number of likely N-dealkylation sites (tertiary alicyclic amines) is 1. The van der Waals surface area contributed by atoms with Crippen molar-refractivity contribution in [3.05, 3.63) is 57.9 Å². The van der Waals surface area contributed by atoms with Gasteiger partial charge in [0.1, 0.15) is 29.3 Å². The Morgan fingerprint density at radius 3 is 2.66 bits per heavy atom. The lowest BCUT2D eigenvalue weighted by Crippen LogP contribution is -2.55. The number of hydrogen-bond donors (Lipinski definition) is 2. The number of amides is 2. The van der Waals surface area contributed by atoms with Crippen LogP contribution < -0.4 is 10.9 Å². The highest BCUT2D eigenvalue weighted by Gasteiger charge is 2.52. The van der Waals surface area contributed by atoms with Gasteiger partial charge in [-0.15, -0.1) is 0 Å². The van der Waals surface area contributed by atoms with Crippen LogP contribution in [0.4, 0.5) is 13.6 Å². The monoisotopic (exact) mass is 522 g/mol. The Balaban J connectivity index is 1.37. The number of aromatic amines is 1. The van der Waals surface area contributed by atoms with Crippen LogP contribution in [0.3, 0.4) is 0 Å². The fourth-order valence-electron chi connectivity index (χ4n) is 5.76. The van der Waals surface area contributed by atoms with Crippen molar-refractivity contribution in [2.24, 2.45) is 5.92 Å². The smallest absolute Gasteiger partial charge is 0.411 e. The molecular weight excluding hydrogens is 494 g/mol. The number of ether oxygens (including phenoxy) is 1. The number of fused-ring (bicyclic) bond motifs is 5. The summed E-state index contributed by atoms with van der Waals surface area (Å²) in [5.74, 6) is -2.04. The molecule has 1 saturated heterocycles. The zero-order chi connectivity index (χ0) is 27.4. The highest BCUT2D eigenvalue weighted by atomic mass is 19.1. The highest BCUT2D eigenvalue weighted by molar-refractivity contribution is 6.05. The van der Waals surface area contributed by atoms with Crippen LogP contribution in [0.25, 0.3) is 21.7 Å². The minimum Gasteiger partial charge on any atom is -0.444 e. The third-order valence-corrected chi connectivity index (χ3v) is 7.28. The topological polar surface area (TPSA) is 115 Å². The van der Waals surface area contributed by atoms with Crippen molar-refractivity contribution >= 4 is 33.7 Å². The van der Waals surface area contributed by atoms with E-state index >= 15 is 0 Å². The fraction of sp³-hybridized carbons (Fsp3) is 0.429. The van der Waals surface area contributed by atoms with E-state index in [0.29, 0.717) is 17.0 Å². The summed E-state index contributed by atoms with van der Waals surface area (Å²) in [5, 5.41) is 13.4. The number of H-pyrrole nitrogens is 1. The first-order chi connectivity index (χ1) is 17.9. The number of aromatic nitrogens is 1. The summed E-state index contributed by atoms with van der Waals surface area (Å²) in [6.07, 6.45) is 1.91. The molecule has 2 heterocycles. The SMILES string of the molecule is CC(C)(C)OC(=O)N1[C@@H]2CC[C@@H](C2)[C@H]1C(=O)NC(C#N)Cc1ccc2c(c1)c(=O)[nH]c1c(F)cc(F)cc12. The van der Waals surface area contributed by atoms with Crippen LogP contribution >= 0.6 is 0 Å². The van der Waals surface area contributed by atoms with Gasteiger partial charge in [0, 0.05) is 29.3 Å². The Hall–Kier alpha value is -4.00. The summed E-state index contributed by atoms with van der Waals surface area (Å²) in [6.45, 7) is 5.30. The van der Waals surface area contributed by atoms with E-state index in [1.54, 1.807) is 39.0 Å². The van der Waals surface area contributed by atoms with Gasteiger partial charge in [-0.2, -0.15) is 5.26 Å². The molecule has 198 valence electrons. The number of pyridine rings is 1. The molecule has 1 aliphatic carbocycles. The molecule has 38 heavy (non-hydrogen) atoms. The second-order valence-electron chi connectivity index (χ2n) is 11.1. The third-order valence-electron chi connectivity index (χ3n) is 7.28. The molecule has 3 aromatic rings. The van der Waals surface area contributed by atoms with E-state index in [-0.39, 0.29) is 34.7 Å². The molecule has 2 aliphatic rings. The maximum Gasteiger partial charge on any atom is 0.411 e. The molecule has 0 spiro atoms. The molecule has 5 rings (SSSR count). The average Bonchev–Trinajstić information content (AvgIpc) is 3.45. The summed E-state index contributed by atoms with van der Waals surface area (Å²) in [7, 11) is 0. The molecule has 2 amide bonds. The largest absolute Gasteiger partial charge is 0.444 e. The van der Waals surface area contributed by atoms with E-state index in [9.17, 15) is 28.4 Å². The number of halogens is 2. The molecule has 1 aliphatic heterocycles. The Kier molecular flexibility index (Phi) is 6.33. The zero-order valence-electron chi connectivity index (χ0n) is 21.3. The number of rotatable bonds is 4. The Labute approximate surface area is 217 Å². The number of piperidine rings is 1. The Morgan fingerprint density at radius 1 is 1.18 bits per heavy atom. The van der Waals surface area contributed by atoms with Crippen molar-refractivity contribution in [1.29, 1.82) is 5.26 Å². The molecule has 2 bridgehead atoms. The van der Waals surface area contributed by atoms with E-state index in [0.717, 1.165) is 25.3 Å². The van der Waals surface area contributed by atoms with Gasteiger partial charge in [-0.3, -0.25) is 14.5 Å². The standard InChI is InChI=1S/C28H28F2N4O4/c1-28(2,3)38-27(37)34-18-6-5-15(10-18)24(34)26(36)32-17(13-31)8-14-4-7-19-20-11-16(29)12-22(30)23(20)33-25(35)21(19)9-14/h4,7,9,11-12,15,17-18,24H,5-6,8,10H2,1-3H3,(H,32,36)(H,33,35)/t15-,17?,18+,24-/m0/s1. The van der Waals surface area contributed by atoms with Gasteiger partial charge < -0.3 is 15.0 Å². The number of nitrogens with one attached hydrogen (secondary N) is 2. The Morgan fingerprint density at radius 2 is 1.95 bits per heavy atom. The van der Waals surface area contributed by atoms with Gasteiger partial charge in [0.2, 0.25) is 5.91 Å². The van der Waals surface area contributed by atoms with Crippen LogP contribution in [-0.4, -0.2) is 45.6 Å². The maximum atomic E-state index is 14.2. The van der Waals surface area contributed by atoms with Gasteiger partial charge in [-0.05, 0) is 69.0 Å². The van der Waals surface area contributed by atoms with Crippen molar-refractivity contribution in [2.75, 3.05) is 0 Å². The second-order valence-corrected chi connectivity index (χ2v) is 11.1. The lowest BCUT2D eigenvalue weighted by Gasteiger charge is -2.35. The van der Waals surface area contributed by atoms with Crippen molar-refractivity contribution < 1.29 is 23.1 Å². The normalized spacial score (nSPS) is 21.5. The molecule has 1 aromatic heterocycles. The molecular formula is C28H28F2N4O4. The third kappa shape index (κ3) is 4.69. The van der Waals surface area contributed by atoms with Gasteiger partial charge in [0.05, 0.1) is 11.6 Å². The molecule has 2 aromatic carbocycles. The molecule has 2 N–H and O–H groups in total. The molecule has 1 saturated carbocycles. The summed E-state index contributed by atoms with van der Waals surface area (Å²) in [6, 6.07) is 7.04. The van der Waals surface area contributed by atoms with E-state index in [2.05, 4.69) is 16.4 Å². The molecule has 4 atom stereocenters. The lowest BCUT2D eigenvalue weighted by molar-refractivity contribution is -0.128. The van der Waals surface area contributed by atoms with Gasteiger partial charge in [-0.1, -0.05) is 12.1 Å². The van der Waals surface area contributed by atoms with Gasteiger partial charge >= 0.3 is 6.09 Å². The molecule has 8 nitrogen and oxygen atoms in total. The molecule has 0 radical (unpaired) electrons. The van der Waals surface area contributed by atoms with Crippen LogP contribution in [0.15, 0.2) is 35.1 Å². The molecule has 1 unspecified atom stereocenters. The number of nitrogens with zero attached hydrogens (tertiary/aromatic N) is 2. The van der Waals surface area contributed by atoms with E-state index in [1.807, 2.05) is 0 Å².